The smallest absolute Gasteiger partial charge is 0.290 e. The fraction of sp³-hybridized carbons (Fsp3) is 0.389. The van der Waals surface area contributed by atoms with Crippen molar-refractivity contribution in [1.29, 1.82) is 0 Å². The first kappa shape index (κ1) is 16.5. The van der Waals surface area contributed by atoms with Crippen molar-refractivity contribution in [2.45, 2.75) is 25.5 Å². The summed E-state index contributed by atoms with van der Waals surface area (Å²) in [4.78, 5) is 12.4. The van der Waals surface area contributed by atoms with Crippen LogP contribution in [0.2, 0.25) is 0 Å². The number of carbonyl (C=O) groups is 1. The molecule has 1 aliphatic rings. The molecule has 1 aromatic carbocycles. The van der Waals surface area contributed by atoms with Gasteiger partial charge in [0.15, 0.2) is 5.76 Å². The van der Waals surface area contributed by atoms with Gasteiger partial charge in [-0.2, -0.15) is 0 Å². The Balaban J connectivity index is 1.61. The van der Waals surface area contributed by atoms with E-state index in [9.17, 15) is 4.79 Å². The highest BCUT2D eigenvalue weighted by atomic mass is 16.6. The van der Waals surface area contributed by atoms with E-state index in [4.69, 9.17) is 18.6 Å². The fourth-order valence-electron chi connectivity index (χ4n) is 2.60. The molecular weight excluding hydrogens is 310 g/mol. The van der Waals surface area contributed by atoms with E-state index in [1.54, 1.807) is 12.1 Å². The molecule has 1 saturated heterocycles. The highest BCUT2D eigenvalue weighted by molar-refractivity contribution is 5.91. The lowest BCUT2D eigenvalue weighted by molar-refractivity contribution is -0.0634. The summed E-state index contributed by atoms with van der Waals surface area (Å²) in [6.07, 6.45) is 0.576. The topological polar surface area (TPSA) is 69.9 Å². The third-order valence-electron chi connectivity index (χ3n) is 3.77. The van der Waals surface area contributed by atoms with Crippen molar-refractivity contribution in [3.8, 4) is 11.7 Å². The van der Waals surface area contributed by atoms with E-state index in [0.717, 1.165) is 0 Å². The van der Waals surface area contributed by atoms with Crippen molar-refractivity contribution in [2.24, 2.45) is 0 Å². The summed E-state index contributed by atoms with van der Waals surface area (Å²) in [6, 6.07) is 12.4. The van der Waals surface area contributed by atoms with Crippen LogP contribution in [0.3, 0.4) is 0 Å². The number of hydrogen-bond acceptors (Lipinski definition) is 5. The molecule has 2 unspecified atom stereocenters. The Morgan fingerprint density at radius 1 is 1.25 bits per heavy atom. The monoisotopic (exact) mass is 331 g/mol. The molecule has 6 nitrogen and oxygen atoms in total. The Morgan fingerprint density at radius 2 is 2.08 bits per heavy atom. The van der Waals surface area contributed by atoms with E-state index in [1.165, 1.54) is 0 Å². The molecule has 0 radical (unpaired) electrons. The first-order chi connectivity index (χ1) is 11.8. The largest absolute Gasteiger partial charge is 0.426 e. The van der Waals surface area contributed by atoms with Crippen LogP contribution in [0.25, 0.3) is 0 Å². The molecule has 1 amide bonds. The maximum absolute atomic E-state index is 12.4. The zero-order valence-corrected chi connectivity index (χ0v) is 13.6. The van der Waals surface area contributed by atoms with Gasteiger partial charge in [0.25, 0.3) is 11.9 Å². The molecule has 3 rings (SSSR count). The quantitative estimate of drug-likeness (QED) is 0.881. The molecule has 128 valence electrons. The first-order valence-electron chi connectivity index (χ1n) is 8.09. The van der Waals surface area contributed by atoms with Crippen LogP contribution in [0.4, 0.5) is 0 Å². The molecular formula is C18H21NO5. The first-order valence-corrected chi connectivity index (χ1v) is 8.09. The maximum atomic E-state index is 12.4. The van der Waals surface area contributed by atoms with Gasteiger partial charge in [-0.05, 0) is 31.5 Å². The number of benzene rings is 1. The zero-order valence-electron chi connectivity index (χ0n) is 13.6. The second-order valence-corrected chi connectivity index (χ2v) is 5.47. The highest BCUT2D eigenvalue weighted by Crippen LogP contribution is 2.23. The molecule has 0 spiro atoms. The van der Waals surface area contributed by atoms with E-state index in [1.807, 2.05) is 37.3 Å². The highest BCUT2D eigenvalue weighted by Gasteiger charge is 2.28. The number of carbonyl (C=O) groups excluding carboxylic acids is 1. The standard InChI is InChI=1S/C18H21NO5/c1-2-22-16-12-21-11-10-14(16)19-18(20)15-8-9-17(24-15)23-13-6-4-3-5-7-13/h3-9,14,16H,2,10-12H2,1H3,(H,19,20). The van der Waals surface area contributed by atoms with Crippen LogP contribution in [0.1, 0.15) is 23.9 Å². The van der Waals surface area contributed by atoms with Crippen molar-refractivity contribution in [1.82, 2.24) is 5.32 Å². The third kappa shape index (κ3) is 4.15. The predicted octanol–water partition coefficient (Wildman–Crippen LogP) is 3.00. The van der Waals surface area contributed by atoms with Crippen molar-refractivity contribution in [3.63, 3.8) is 0 Å². The van der Waals surface area contributed by atoms with Crippen molar-refractivity contribution in [2.75, 3.05) is 19.8 Å². The van der Waals surface area contributed by atoms with Crippen LogP contribution in [-0.2, 0) is 9.47 Å². The van der Waals surface area contributed by atoms with Crippen LogP contribution < -0.4 is 10.1 Å². The van der Waals surface area contributed by atoms with Crippen LogP contribution in [0.15, 0.2) is 46.9 Å². The molecule has 1 N–H and O–H groups in total. The summed E-state index contributed by atoms with van der Waals surface area (Å²) in [5.41, 5.74) is 0. The van der Waals surface area contributed by atoms with Crippen LogP contribution >= 0.6 is 0 Å². The van der Waals surface area contributed by atoms with Gasteiger partial charge < -0.3 is 23.9 Å². The number of ether oxygens (including phenoxy) is 3. The summed E-state index contributed by atoms with van der Waals surface area (Å²) in [6.45, 7) is 3.60. The Bertz CT molecular complexity index is 652. The van der Waals surface area contributed by atoms with E-state index in [0.29, 0.717) is 32.0 Å². The van der Waals surface area contributed by atoms with E-state index in [2.05, 4.69) is 5.32 Å². The summed E-state index contributed by atoms with van der Waals surface area (Å²) in [5.74, 6) is 0.858. The van der Waals surface area contributed by atoms with Gasteiger partial charge in [0.05, 0.1) is 12.6 Å². The van der Waals surface area contributed by atoms with Gasteiger partial charge in [0.1, 0.15) is 11.9 Å². The van der Waals surface area contributed by atoms with Crippen molar-refractivity contribution in [3.05, 3.63) is 48.2 Å². The lowest BCUT2D eigenvalue weighted by Gasteiger charge is -2.31. The number of hydrogen-bond donors (Lipinski definition) is 1. The van der Waals surface area contributed by atoms with Gasteiger partial charge in [-0.1, -0.05) is 18.2 Å². The lowest BCUT2D eigenvalue weighted by Crippen LogP contribution is -2.49. The normalized spacial score (nSPS) is 20.5. The predicted molar refractivity (Wildman–Crippen MR) is 87.3 cm³/mol. The minimum absolute atomic E-state index is 0.0882. The Morgan fingerprint density at radius 3 is 2.88 bits per heavy atom. The van der Waals surface area contributed by atoms with E-state index >= 15 is 0 Å². The number of rotatable bonds is 6. The summed E-state index contributed by atoms with van der Waals surface area (Å²) in [7, 11) is 0. The molecule has 2 atom stereocenters. The molecule has 0 aliphatic carbocycles. The SMILES string of the molecule is CCOC1COCCC1NC(=O)c1ccc(Oc2ccccc2)o1. The second-order valence-electron chi connectivity index (χ2n) is 5.47. The number of furan rings is 1. The molecule has 0 bridgehead atoms. The van der Waals surface area contributed by atoms with E-state index in [-0.39, 0.29) is 29.8 Å². The Labute approximate surface area is 140 Å². The molecule has 24 heavy (non-hydrogen) atoms. The summed E-state index contributed by atoms with van der Waals surface area (Å²) < 4.78 is 22.1. The van der Waals surface area contributed by atoms with Crippen LogP contribution in [-0.4, -0.2) is 37.9 Å². The van der Waals surface area contributed by atoms with Crippen LogP contribution in [0.5, 0.6) is 11.7 Å². The molecule has 2 heterocycles. The average molecular weight is 331 g/mol. The summed E-state index contributed by atoms with van der Waals surface area (Å²) >= 11 is 0. The average Bonchev–Trinajstić information content (AvgIpc) is 3.06. The molecule has 1 aromatic heterocycles. The minimum atomic E-state index is -0.283. The Kier molecular flexibility index (Phi) is 5.51. The van der Waals surface area contributed by atoms with E-state index < -0.39 is 0 Å². The van der Waals surface area contributed by atoms with Gasteiger partial charge in [0.2, 0.25) is 0 Å². The van der Waals surface area contributed by atoms with Gasteiger partial charge in [0, 0.05) is 19.3 Å². The fourth-order valence-corrected chi connectivity index (χ4v) is 2.60. The Hall–Kier alpha value is -2.31. The molecule has 6 heteroatoms. The van der Waals surface area contributed by atoms with Crippen molar-refractivity contribution >= 4 is 5.91 Å². The third-order valence-corrected chi connectivity index (χ3v) is 3.77. The minimum Gasteiger partial charge on any atom is -0.426 e. The summed E-state index contributed by atoms with van der Waals surface area (Å²) in [5, 5.41) is 2.95. The van der Waals surface area contributed by atoms with Gasteiger partial charge >= 0.3 is 0 Å². The van der Waals surface area contributed by atoms with Gasteiger partial charge in [-0.3, -0.25) is 4.79 Å². The number of amides is 1. The van der Waals surface area contributed by atoms with Crippen LogP contribution in [0, 0.1) is 0 Å². The van der Waals surface area contributed by atoms with Gasteiger partial charge in [-0.25, -0.2) is 0 Å². The van der Waals surface area contributed by atoms with Gasteiger partial charge in [-0.15, -0.1) is 0 Å². The maximum Gasteiger partial charge on any atom is 0.290 e. The number of nitrogens with one attached hydrogen (secondary N) is 1. The zero-order chi connectivity index (χ0) is 16.8. The molecule has 1 fully saturated rings. The lowest BCUT2D eigenvalue weighted by atomic mass is 10.1. The van der Waals surface area contributed by atoms with Crippen molar-refractivity contribution < 1.29 is 23.4 Å². The second kappa shape index (κ2) is 7.99. The molecule has 0 saturated carbocycles. The molecule has 2 aromatic rings. The number of para-hydroxylation sites is 1. The molecule has 1 aliphatic heterocycles.